The van der Waals surface area contributed by atoms with Crippen LogP contribution in [0.4, 0.5) is 0 Å². The molecular weight excluding hydrogens is 364 g/mol. The van der Waals surface area contributed by atoms with Gasteiger partial charge in [-0.3, -0.25) is 9.69 Å². The Morgan fingerprint density at radius 1 is 1.33 bits per heavy atom. The highest BCUT2D eigenvalue weighted by atomic mass is 32.2. The summed E-state index contributed by atoms with van der Waals surface area (Å²) in [7, 11) is 0. The Morgan fingerprint density at radius 2 is 2.04 bits per heavy atom. The van der Waals surface area contributed by atoms with E-state index in [2.05, 4.69) is 4.99 Å². The number of rotatable bonds is 5. The van der Waals surface area contributed by atoms with Crippen LogP contribution in [-0.4, -0.2) is 40.4 Å². The van der Waals surface area contributed by atoms with Crippen molar-refractivity contribution in [3.8, 4) is 5.75 Å². The van der Waals surface area contributed by atoms with Crippen molar-refractivity contribution in [2.75, 3.05) is 12.4 Å². The summed E-state index contributed by atoms with van der Waals surface area (Å²) in [6, 6.07) is 6.95. The van der Waals surface area contributed by atoms with Crippen molar-refractivity contribution >= 4 is 28.8 Å². The molecule has 27 heavy (non-hydrogen) atoms. The van der Waals surface area contributed by atoms with Crippen LogP contribution in [0.5, 0.6) is 5.75 Å². The number of allylic oxidation sites excluding steroid dienone is 1. The minimum absolute atomic E-state index is 0.0336. The summed E-state index contributed by atoms with van der Waals surface area (Å²) in [5.41, 5.74) is 1.83. The number of hydrogen-bond donors (Lipinski definition) is 0. The molecule has 1 amide bonds. The van der Waals surface area contributed by atoms with Crippen molar-refractivity contribution < 1.29 is 19.1 Å². The van der Waals surface area contributed by atoms with Crippen LogP contribution in [0.3, 0.4) is 0 Å². The molecule has 0 N–H and O–H groups in total. The van der Waals surface area contributed by atoms with Crippen molar-refractivity contribution in [2.24, 2.45) is 4.99 Å². The van der Waals surface area contributed by atoms with E-state index in [1.807, 2.05) is 31.2 Å². The third kappa shape index (κ3) is 4.03. The number of hydrogen-bond acceptors (Lipinski definition) is 6. The Labute approximate surface area is 163 Å². The first-order chi connectivity index (χ1) is 12.9. The number of aliphatic imine (C=N–C) groups is 1. The predicted molar refractivity (Wildman–Crippen MR) is 106 cm³/mol. The van der Waals surface area contributed by atoms with Crippen molar-refractivity contribution in [3.05, 3.63) is 41.1 Å². The normalized spacial score (nSPS) is 19.7. The van der Waals surface area contributed by atoms with Gasteiger partial charge < -0.3 is 9.47 Å². The van der Waals surface area contributed by atoms with E-state index in [4.69, 9.17) is 9.47 Å². The molecule has 144 valence electrons. The number of thioether (sulfide) groups is 1. The molecule has 6 nitrogen and oxygen atoms in total. The second-order valence-corrected chi connectivity index (χ2v) is 7.68. The molecule has 2 heterocycles. The molecule has 1 fully saturated rings. The van der Waals surface area contributed by atoms with Gasteiger partial charge in [-0.2, -0.15) is 0 Å². The monoisotopic (exact) mass is 388 g/mol. The summed E-state index contributed by atoms with van der Waals surface area (Å²) >= 11 is 1.54. The molecule has 0 spiro atoms. The van der Waals surface area contributed by atoms with E-state index >= 15 is 0 Å². The lowest BCUT2D eigenvalue weighted by Crippen LogP contribution is -2.46. The molecule has 1 saturated heterocycles. The molecule has 3 rings (SSSR count). The first kappa shape index (κ1) is 19.5. The molecule has 1 atom stereocenters. The number of nitrogens with zero attached hydrogens (tertiary/aromatic N) is 2. The van der Waals surface area contributed by atoms with E-state index in [0.29, 0.717) is 35.2 Å². The van der Waals surface area contributed by atoms with Crippen molar-refractivity contribution in [1.29, 1.82) is 0 Å². The molecule has 0 saturated carbocycles. The maximum atomic E-state index is 12.8. The molecule has 0 unspecified atom stereocenters. The Balaban J connectivity index is 2.07. The summed E-state index contributed by atoms with van der Waals surface area (Å²) < 4.78 is 11.0. The van der Waals surface area contributed by atoms with Gasteiger partial charge in [-0.25, -0.2) is 9.79 Å². The zero-order valence-electron chi connectivity index (χ0n) is 16.0. The van der Waals surface area contributed by atoms with Gasteiger partial charge in [-0.1, -0.05) is 23.9 Å². The minimum Gasteiger partial charge on any atom is -0.494 e. The quantitative estimate of drug-likeness (QED) is 0.720. The topological polar surface area (TPSA) is 68.2 Å². The Morgan fingerprint density at radius 3 is 2.67 bits per heavy atom. The summed E-state index contributed by atoms with van der Waals surface area (Å²) in [5.74, 6) is 0.974. The van der Waals surface area contributed by atoms with Gasteiger partial charge in [0.05, 0.1) is 30.0 Å². The number of amides is 1. The molecule has 7 heteroatoms. The third-order valence-corrected chi connectivity index (χ3v) is 5.23. The van der Waals surface area contributed by atoms with E-state index in [9.17, 15) is 9.59 Å². The lowest BCUT2D eigenvalue weighted by Gasteiger charge is -2.39. The molecule has 0 bridgehead atoms. The summed E-state index contributed by atoms with van der Waals surface area (Å²) in [6.45, 7) is 7.90. The largest absolute Gasteiger partial charge is 0.494 e. The van der Waals surface area contributed by atoms with Crippen LogP contribution >= 0.6 is 11.8 Å². The number of amidine groups is 1. The average Bonchev–Trinajstić information content (AvgIpc) is 2.61. The Kier molecular flexibility index (Phi) is 5.89. The molecule has 0 aromatic heterocycles. The number of ether oxygens (including phenoxy) is 2. The van der Waals surface area contributed by atoms with Gasteiger partial charge in [0, 0.05) is 12.2 Å². The summed E-state index contributed by atoms with van der Waals surface area (Å²) in [5, 5.41) is 0.642. The molecule has 1 aromatic rings. The summed E-state index contributed by atoms with van der Waals surface area (Å²) in [6.07, 6.45) is 0.165. The molecule has 1 aromatic carbocycles. The molecule has 0 radical (unpaired) electrons. The van der Waals surface area contributed by atoms with Crippen LogP contribution in [0.25, 0.3) is 0 Å². The van der Waals surface area contributed by atoms with Crippen LogP contribution < -0.4 is 4.74 Å². The highest BCUT2D eigenvalue weighted by molar-refractivity contribution is 8.14. The molecule has 2 aliphatic heterocycles. The highest BCUT2D eigenvalue weighted by Crippen LogP contribution is 2.40. The van der Waals surface area contributed by atoms with Gasteiger partial charge in [-0.15, -0.1) is 0 Å². The average molecular weight is 388 g/mol. The molecule has 0 aliphatic carbocycles. The van der Waals surface area contributed by atoms with Gasteiger partial charge in [0.1, 0.15) is 5.75 Å². The Hall–Kier alpha value is -2.28. The standard InChI is InChI=1S/C20H24N2O4S/c1-5-25-15-8-6-14(7-9-15)18-17(19(24)26-12(2)3)13(4)21-20-22(18)16(23)10-11-27-20/h6-9,12,18H,5,10-11H2,1-4H3/t18-/m0/s1. The SMILES string of the molecule is CCOc1ccc([C@H]2C(C(=O)OC(C)C)=C(C)N=C3SCCC(=O)N32)cc1. The maximum absolute atomic E-state index is 12.8. The van der Waals surface area contributed by atoms with Gasteiger partial charge in [0.2, 0.25) is 5.91 Å². The third-order valence-electron chi connectivity index (χ3n) is 4.28. The van der Waals surface area contributed by atoms with Gasteiger partial charge in [0.15, 0.2) is 5.17 Å². The number of carbonyl (C=O) groups excluding carboxylic acids is 2. The first-order valence-electron chi connectivity index (χ1n) is 9.10. The Bertz CT molecular complexity index is 799. The first-order valence-corrected chi connectivity index (χ1v) is 10.1. The highest BCUT2D eigenvalue weighted by Gasteiger charge is 2.41. The van der Waals surface area contributed by atoms with E-state index in [1.54, 1.807) is 25.7 Å². The second-order valence-electron chi connectivity index (χ2n) is 6.61. The van der Waals surface area contributed by atoms with E-state index in [-0.39, 0.29) is 12.0 Å². The van der Waals surface area contributed by atoms with Gasteiger partial charge >= 0.3 is 5.97 Å². The smallest absolute Gasteiger partial charge is 0.338 e. The fourth-order valence-corrected chi connectivity index (χ4v) is 4.17. The van der Waals surface area contributed by atoms with Gasteiger partial charge in [0.25, 0.3) is 0 Å². The fourth-order valence-electron chi connectivity index (χ4n) is 3.16. The van der Waals surface area contributed by atoms with Crippen LogP contribution in [-0.2, 0) is 14.3 Å². The molecule has 2 aliphatic rings. The van der Waals surface area contributed by atoms with Crippen molar-refractivity contribution in [3.63, 3.8) is 0 Å². The number of fused-ring (bicyclic) bond motifs is 1. The number of benzene rings is 1. The molecular formula is C20H24N2O4S. The van der Waals surface area contributed by atoms with E-state index < -0.39 is 12.0 Å². The van der Waals surface area contributed by atoms with Crippen molar-refractivity contribution in [1.82, 2.24) is 4.90 Å². The summed E-state index contributed by atoms with van der Waals surface area (Å²) in [4.78, 5) is 31.7. The van der Waals surface area contributed by atoms with E-state index in [0.717, 1.165) is 11.3 Å². The van der Waals surface area contributed by atoms with Gasteiger partial charge in [-0.05, 0) is 45.4 Å². The maximum Gasteiger partial charge on any atom is 0.338 e. The number of esters is 1. The van der Waals surface area contributed by atoms with Crippen molar-refractivity contribution in [2.45, 2.75) is 46.3 Å². The predicted octanol–water partition coefficient (Wildman–Crippen LogP) is 3.69. The van der Waals surface area contributed by atoms with E-state index in [1.165, 1.54) is 11.8 Å². The van der Waals surface area contributed by atoms with Crippen LogP contribution in [0, 0.1) is 0 Å². The lowest BCUT2D eigenvalue weighted by atomic mass is 9.94. The van der Waals surface area contributed by atoms with Crippen LogP contribution in [0.1, 0.15) is 45.7 Å². The van der Waals surface area contributed by atoms with Crippen LogP contribution in [0.2, 0.25) is 0 Å². The van der Waals surface area contributed by atoms with Crippen LogP contribution in [0.15, 0.2) is 40.5 Å². The second kappa shape index (κ2) is 8.17. The zero-order chi connectivity index (χ0) is 19.6. The fraction of sp³-hybridized carbons (Fsp3) is 0.450. The number of carbonyl (C=O) groups is 2. The zero-order valence-corrected chi connectivity index (χ0v) is 16.8. The minimum atomic E-state index is -0.542. The lowest BCUT2D eigenvalue weighted by molar-refractivity contribution is -0.143.